The van der Waals surface area contributed by atoms with Crippen molar-refractivity contribution < 1.29 is 23.4 Å². The zero-order valence-electron chi connectivity index (χ0n) is 15.1. The van der Waals surface area contributed by atoms with E-state index < -0.39 is 11.9 Å². The molecule has 1 aliphatic heterocycles. The smallest absolute Gasteiger partial charge is 0.302 e. The summed E-state index contributed by atoms with van der Waals surface area (Å²) in [4.78, 5) is 11.0. The lowest BCUT2D eigenvalue weighted by atomic mass is 9.96. The van der Waals surface area contributed by atoms with Crippen molar-refractivity contribution in [2.45, 2.75) is 46.2 Å². The maximum Gasteiger partial charge on any atom is 0.302 e. The van der Waals surface area contributed by atoms with Gasteiger partial charge in [-0.2, -0.15) is 0 Å². The first kappa shape index (κ1) is 18.7. The molecule has 0 spiro atoms. The lowest BCUT2D eigenvalue weighted by Gasteiger charge is -2.38. The SMILES string of the molecule is CC(=O)OCc1cc(Cl)c2c(c1)OC(C)(C)OC2c1ccc(C)c(F)c1. The molecule has 0 aliphatic carbocycles. The maximum absolute atomic E-state index is 14.1. The molecule has 1 unspecified atom stereocenters. The second kappa shape index (κ2) is 6.89. The van der Waals surface area contributed by atoms with Gasteiger partial charge in [0.05, 0.1) is 5.02 Å². The zero-order valence-corrected chi connectivity index (χ0v) is 15.8. The lowest BCUT2D eigenvalue weighted by molar-refractivity contribution is -0.196. The third-order valence-corrected chi connectivity index (χ3v) is 4.42. The molecule has 138 valence electrons. The Morgan fingerprint density at radius 1 is 1.31 bits per heavy atom. The Balaban J connectivity index is 2.06. The molecule has 2 aromatic rings. The highest BCUT2D eigenvalue weighted by atomic mass is 35.5. The predicted octanol–water partition coefficient (Wildman–Crippen LogP) is 5.09. The highest BCUT2D eigenvalue weighted by molar-refractivity contribution is 6.31. The Morgan fingerprint density at radius 2 is 2.04 bits per heavy atom. The number of carbonyl (C=O) groups excluding carboxylic acids is 1. The van der Waals surface area contributed by atoms with Crippen molar-refractivity contribution in [3.8, 4) is 5.75 Å². The molecule has 0 amide bonds. The number of rotatable bonds is 3. The number of hydrogen-bond donors (Lipinski definition) is 0. The van der Waals surface area contributed by atoms with Gasteiger partial charge in [-0.3, -0.25) is 4.79 Å². The number of ether oxygens (including phenoxy) is 3. The van der Waals surface area contributed by atoms with Crippen LogP contribution in [0.25, 0.3) is 0 Å². The van der Waals surface area contributed by atoms with Gasteiger partial charge in [0, 0.05) is 26.3 Å². The molecule has 0 N–H and O–H groups in total. The quantitative estimate of drug-likeness (QED) is 0.698. The van der Waals surface area contributed by atoms with Crippen molar-refractivity contribution in [1.29, 1.82) is 0 Å². The van der Waals surface area contributed by atoms with Crippen LogP contribution >= 0.6 is 11.6 Å². The van der Waals surface area contributed by atoms with Gasteiger partial charge in [-0.15, -0.1) is 0 Å². The molecule has 0 bridgehead atoms. The summed E-state index contributed by atoms with van der Waals surface area (Å²) in [6.07, 6.45) is -0.570. The van der Waals surface area contributed by atoms with Crippen molar-refractivity contribution in [3.63, 3.8) is 0 Å². The van der Waals surface area contributed by atoms with Gasteiger partial charge in [-0.1, -0.05) is 23.7 Å². The van der Waals surface area contributed by atoms with E-state index in [9.17, 15) is 9.18 Å². The van der Waals surface area contributed by atoms with Gasteiger partial charge >= 0.3 is 5.97 Å². The van der Waals surface area contributed by atoms with Gasteiger partial charge in [0.1, 0.15) is 24.3 Å². The van der Waals surface area contributed by atoms with Crippen LogP contribution in [-0.2, 0) is 20.9 Å². The van der Waals surface area contributed by atoms with E-state index in [4.69, 9.17) is 25.8 Å². The van der Waals surface area contributed by atoms with Gasteiger partial charge < -0.3 is 14.2 Å². The highest BCUT2D eigenvalue weighted by Crippen LogP contribution is 2.46. The van der Waals surface area contributed by atoms with Crippen molar-refractivity contribution in [3.05, 3.63) is 63.4 Å². The molecule has 0 fully saturated rings. The number of halogens is 2. The van der Waals surface area contributed by atoms with Crippen LogP contribution in [0.2, 0.25) is 5.02 Å². The van der Waals surface area contributed by atoms with Crippen LogP contribution in [0.5, 0.6) is 5.75 Å². The van der Waals surface area contributed by atoms with Gasteiger partial charge in [-0.25, -0.2) is 4.39 Å². The molecule has 1 aliphatic rings. The summed E-state index contributed by atoms with van der Waals surface area (Å²) >= 11 is 6.48. The molecule has 4 nitrogen and oxygen atoms in total. The lowest BCUT2D eigenvalue weighted by Crippen LogP contribution is -2.38. The zero-order chi connectivity index (χ0) is 19.1. The Morgan fingerprint density at radius 3 is 2.69 bits per heavy atom. The van der Waals surface area contributed by atoms with E-state index in [-0.39, 0.29) is 18.4 Å². The predicted molar refractivity (Wildman–Crippen MR) is 95.7 cm³/mol. The van der Waals surface area contributed by atoms with Crippen molar-refractivity contribution in [2.24, 2.45) is 0 Å². The van der Waals surface area contributed by atoms with Gasteiger partial charge in [0.2, 0.25) is 5.79 Å². The summed E-state index contributed by atoms with van der Waals surface area (Å²) in [6, 6.07) is 8.45. The first-order valence-corrected chi connectivity index (χ1v) is 8.62. The normalized spacial score (nSPS) is 18.0. The molecule has 0 radical (unpaired) electrons. The largest absolute Gasteiger partial charge is 0.462 e. The maximum atomic E-state index is 14.1. The molecule has 26 heavy (non-hydrogen) atoms. The number of hydrogen-bond acceptors (Lipinski definition) is 4. The molecule has 0 saturated carbocycles. The Labute approximate surface area is 156 Å². The second-order valence-electron chi connectivity index (χ2n) is 6.78. The first-order chi connectivity index (χ1) is 12.2. The van der Waals surface area contributed by atoms with Crippen LogP contribution < -0.4 is 4.74 Å². The second-order valence-corrected chi connectivity index (χ2v) is 7.19. The molecular formula is C20H20ClFO4. The fraction of sp³-hybridized carbons (Fsp3) is 0.350. The number of esters is 1. The third-order valence-electron chi connectivity index (χ3n) is 4.11. The first-order valence-electron chi connectivity index (χ1n) is 8.25. The molecule has 0 aromatic heterocycles. The fourth-order valence-corrected chi connectivity index (χ4v) is 3.22. The standard InChI is InChI=1S/C20H20ClFO4/c1-11-5-6-14(9-16(11)22)19-18-15(21)7-13(10-24-12(2)23)8-17(18)25-20(3,4)26-19/h5-9,19H,10H2,1-4H3. The number of aryl methyl sites for hydroxylation is 1. The van der Waals surface area contributed by atoms with Crippen molar-refractivity contribution in [2.75, 3.05) is 0 Å². The number of fused-ring (bicyclic) bond motifs is 1. The topological polar surface area (TPSA) is 44.8 Å². The Hall–Kier alpha value is -2.11. The summed E-state index contributed by atoms with van der Waals surface area (Å²) in [5.41, 5.74) is 2.54. The van der Waals surface area contributed by atoms with E-state index in [0.29, 0.717) is 33.0 Å². The molecule has 6 heteroatoms. The minimum Gasteiger partial charge on any atom is -0.462 e. The average Bonchev–Trinajstić information content (AvgIpc) is 2.53. The highest BCUT2D eigenvalue weighted by Gasteiger charge is 2.37. The molecule has 2 aromatic carbocycles. The minimum atomic E-state index is -0.928. The van der Waals surface area contributed by atoms with Gasteiger partial charge in [-0.05, 0) is 41.8 Å². The monoisotopic (exact) mass is 378 g/mol. The summed E-state index contributed by atoms with van der Waals surface area (Å²) in [5.74, 6) is -1.08. The summed E-state index contributed by atoms with van der Waals surface area (Å²) in [6.45, 7) is 6.70. The van der Waals surface area contributed by atoms with Crippen LogP contribution in [0.1, 0.15) is 49.1 Å². The summed E-state index contributed by atoms with van der Waals surface area (Å²) in [5, 5.41) is 0.408. The summed E-state index contributed by atoms with van der Waals surface area (Å²) < 4.78 is 31.1. The van der Waals surface area contributed by atoms with E-state index >= 15 is 0 Å². The van der Waals surface area contributed by atoms with E-state index in [1.807, 2.05) is 6.07 Å². The molecule has 0 saturated heterocycles. The van der Waals surface area contributed by atoms with Crippen LogP contribution in [-0.4, -0.2) is 11.8 Å². The van der Waals surface area contributed by atoms with Crippen molar-refractivity contribution >= 4 is 17.6 Å². The molecular weight excluding hydrogens is 359 g/mol. The fourth-order valence-electron chi connectivity index (χ4n) is 2.89. The third kappa shape index (κ3) is 3.84. The van der Waals surface area contributed by atoms with Crippen molar-refractivity contribution in [1.82, 2.24) is 0 Å². The van der Waals surface area contributed by atoms with Crippen LogP contribution in [0.15, 0.2) is 30.3 Å². The molecule has 3 rings (SSSR count). The molecule has 1 heterocycles. The summed E-state index contributed by atoms with van der Waals surface area (Å²) in [7, 11) is 0. The van der Waals surface area contributed by atoms with E-state index in [2.05, 4.69) is 0 Å². The Kier molecular flexibility index (Phi) is 4.95. The number of carbonyl (C=O) groups is 1. The van der Waals surface area contributed by atoms with Crippen LogP contribution in [0.4, 0.5) is 4.39 Å². The van der Waals surface area contributed by atoms with Crippen LogP contribution in [0.3, 0.4) is 0 Å². The minimum absolute atomic E-state index is 0.0941. The van der Waals surface area contributed by atoms with E-state index in [1.54, 1.807) is 39.0 Å². The van der Waals surface area contributed by atoms with Gasteiger partial charge in [0.15, 0.2) is 0 Å². The van der Waals surface area contributed by atoms with Gasteiger partial charge in [0.25, 0.3) is 0 Å². The average molecular weight is 379 g/mol. The van der Waals surface area contributed by atoms with E-state index in [0.717, 1.165) is 0 Å². The Bertz CT molecular complexity index is 863. The van der Waals surface area contributed by atoms with Crippen LogP contribution in [0, 0.1) is 12.7 Å². The van der Waals surface area contributed by atoms with E-state index in [1.165, 1.54) is 13.0 Å². The number of benzene rings is 2. The molecule has 1 atom stereocenters.